The van der Waals surface area contributed by atoms with Crippen molar-refractivity contribution >= 4 is 23.2 Å². The van der Waals surface area contributed by atoms with Crippen molar-refractivity contribution in [3.8, 4) is 5.75 Å². The van der Waals surface area contributed by atoms with Crippen molar-refractivity contribution in [2.24, 2.45) is 0 Å². The van der Waals surface area contributed by atoms with Crippen LogP contribution in [0.2, 0.25) is 5.02 Å². The summed E-state index contributed by atoms with van der Waals surface area (Å²) in [6, 6.07) is 12.1. The third-order valence-electron chi connectivity index (χ3n) is 2.42. The van der Waals surface area contributed by atoms with Crippen LogP contribution in [0.15, 0.2) is 48.5 Å². The van der Waals surface area contributed by atoms with E-state index in [9.17, 15) is 13.6 Å². The van der Waals surface area contributed by atoms with Crippen LogP contribution in [0.3, 0.4) is 0 Å². The minimum Gasteiger partial charge on any atom is -0.435 e. The van der Waals surface area contributed by atoms with Gasteiger partial charge in [-0.15, -0.1) is 0 Å². The van der Waals surface area contributed by atoms with Gasteiger partial charge in [0.2, 0.25) is 0 Å². The summed E-state index contributed by atoms with van der Waals surface area (Å²) < 4.78 is 28.4. The number of nitrogens with one attached hydrogen (secondary N) is 1. The van der Waals surface area contributed by atoms with Gasteiger partial charge < -0.3 is 10.1 Å². The summed E-state index contributed by atoms with van der Waals surface area (Å²) in [6.45, 7) is -2.93. The maximum Gasteiger partial charge on any atom is 0.387 e. The van der Waals surface area contributed by atoms with Crippen LogP contribution < -0.4 is 10.1 Å². The topological polar surface area (TPSA) is 38.3 Å². The quantitative estimate of drug-likeness (QED) is 0.919. The molecule has 0 aromatic heterocycles. The van der Waals surface area contributed by atoms with Crippen molar-refractivity contribution in [3.05, 3.63) is 59.1 Å². The Balaban J connectivity index is 2.10. The van der Waals surface area contributed by atoms with Gasteiger partial charge in [0.25, 0.3) is 5.91 Å². The number of rotatable bonds is 4. The molecular formula is C14H10ClF2NO2. The van der Waals surface area contributed by atoms with Crippen LogP contribution in [0, 0.1) is 0 Å². The number of ether oxygens (including phenoxy) is 1. The van der Waals surface area contributed by atoms with E-state index in [-0.39, 0.29) is 11.3 Å². The minimum atomic E-state index is -2.93. The number of hydrogen-bond donors (Lipinski definition) is 1. The Bertz CT molecular complexity index is 602. The summed E-state index contributed by atoms with van der Waals surface area (Å²) in [5.74, 6) is -0.490. The first-order chi connectivity index (χ1) is 9.54. The second kappa shape index (κ2) is 6.34. The molecule has 0 heterocycles. The lowest BCUT2D eigenvalue weighted by molar-refractivity contribution is -0.0498. The van der Waals surface area contributed by atoms with Crippen LogP contribution in [0.1, 0.15) is 10.4 Å². The van der Waals surface area contributed by atoms with E-state index in [1.807, 2.05) is 0 Å². The average molecular weight is 298 g/mol. The lowest BCUT2D eigenvalue weighted by Gasteiger charge is -2.08. The van der Waals surface area contributed by atoms with E-state index in [2.05, 4.69) is 10.1 Å². The number of benzene rings is 2. The SMILES string of the molecule is O=C(Nc1ccc(Cl)cc1)c1cccc(OC(F)F)c1. The summed E-state index contributed by atoms with van der Waals surface area (Å²) in [4.78, 5) is 11.9. The molecule has 0 saturated heterocycles. The molecule has 1 amide bonds. The van der Waals surface area contributed by atoms with Gasteiger partial charge in [0.15, 0.2) is 0 Å². The van der Waals surface area contributed by atoms with E-state index in [1.54, 1.807) is 24.3 Å². The van der Waals surface area contributed by atoms with E-state index in [0.717, 1.165) is 0 Å². The molecule has 2 aromatic carbocycles. The van der Waals surface area contributed by atoms with Crippen LogP contribution in [0.4, 0.5) is 14.5 Å². The van der Waals surface area contributed by atoms with Gasteiger partial charge in [-0.1, -0.05) is 17.7 Å². The van der Waals surface area contributed by atoms with Crippen LogP contribution in [0.5, 0.6) is 5.75 Å². The van der Waals surface area contributed by atoms with Crippen LogP contribution >= 0.6 is 11.6 Å². The number of carbonyl (C=O) groups is 1. The van der Waals surface area contributed by atoms with Gasteiger partial charge in [0, 0.05) is 16.3 Å². The van der Waals surface area contributed by atoms with Crippen LogP contribution in [-0.4, -0.2) is 12.5 Å². The first-order valence-electron chi connectivity index (χ1n) is 5.66. The third kappa shape index (κ3) is 3.93. The Hall–Kier alpha value is -2.14. The predicted molar refractivity (Wildman–Crippen MR) is 72.5 cm³/mol. The van der Waals surface area contributed by atoms with Crippen molar-refractivity contribution in [1.82, 2.24) is 0 Å². The first-order valence-corrected chi connectivity index (χ1v) is 6.04. The first kappa shape index (κ1) is 14.3. The number of alkyl halides is 2. The second-order valence-corrected chi connectivity index (χ2v) is 4.30. The summed E-state index contributed by atoms with van der Waals surface area (Å²) in [5, 5.41) is 3.18. The van der Waals surface area contributed by atoms with Crippen molar-refractivity contribution in [2.45, 2.75) is 6.61 Å². The molecule has 0 aliphatic rings. The van der Waals surface area contributed by atoms with Gasteiger partial charge in [-0.3, -0.25) is 4.79 Å². The number of carbonyl (C=O) groups excluding carboxylic acids is 1. The highest BCUT2D eigenvalue weighted by Gasteiger charge is 2.09. The van der Waals surface area contributed by atoms with Gasteiger partial charge in [0.1, 0.15) is 5.75 Å². The number of amides is 1. The molecule has 0 atom stereocenters. The lowest BCUT2D eigenvalue weighted by atomic mass is 10.2. The Morgan fingerprint density at radius 2 is 1.85 bits per heavy atom. The zero-order chi connectivity index (χ0) is 14.5. The molecule has 0 saturated carbocycles. The lowest BCUT2D eigenvalue weighted by Crippen LogP contribution is -2.12. The standard InChI is InChI=1S/C14H10ClF2NO2/c15-10-4-6-11(7-5-10)18-13(19)9-2-1-3-12(8-9)20-14(16)17/h1-8,14H,(H,18,19). The van der Waals surface area contributed by atoms with Crippen molar-refractivity contribution < 1.29 is 18.3 Å². The summed E-state index contributed by atoms with van der Waals surface area (Å²) in [6.07, 6.45) is 0. The largest absolute Gasteiger partial charge is 0.435 e. The highest BCUT2D eigenvalue weighted by Crippen LogP contribution is 2.18. The van der Waals surface area contributed by atoms with E-state index >= 15 is 0 Å². The molecule has 0 aliphatic heterocycles. The Morgan fingerprint density at radius 3 is 2.50 bits per heavy atom. The zero-order valence-corrected chi connectivity index (χ0v) is 10.9. The zero-order valence-electron chi connectivity index (χ0n) is 10.1. The summed E-state index contributed by atoms with van der Waals surface area (Å²) >= 11 is 5.73. The maximum absolute atomic E-state index is 12.1. The Kier molecular flexibility index (Phi) is 4.53. The van der Waals surface area contributed by atoms with Crippen molar-refractivity contribution in [3.63, 3.8) is 0 Å². The number of hydrogen-bond acceptors (Lipinski definition) is 2. The second-order valence-electron chi connectivity index (χ2n) is 3.87. The number of halogens is 3. The van der Waals surface area contributed by atoms with E-state index < -0.39 is 12.5 Å². The molecule has 0 spiro atoms. The van der Waals surface area contributed by atoms with E-state index in [0.29, 0.717) is 10.7 Å². The molecule has 2 rings (SSSR count). The molecule has 0 bridgehead atoms. The van der Waals surface area contributed by atoms with Gasteiger partial charge in [-0.25, -0.2) is 0 Å². The molecule has 6 heteroatoms. The van der Waals surface area contributed by atoms with Crippen LogP contribution in [0.25, 0.3) is 0 Å². The Morgan fingerprint density at radius 1 is 1.15 bits per heavy atom. The van der Waals surface area contributed by atoms with Gasteiger partial charge in [-0.05, 0) is 42.5 Å². The molecule has 104 valence electrons. The molecule has 1 N–H and O–H groups in total. The molecule has 20 heavy (non-hydrogen) atoms. The molecule has 0 aliphatic carbocycles. The Labute approximate surface area is 119 Å². The highest BCUT2D eigenvalue weighted by molar-refractivity contribution is 6.30. The molecule has 0 unspecified atom stereocenters. The fourth-order valence-electron chi connectivity index (χ4n) is 1.55. The highest BCUT2D eigenvalue weighted by atomic mass is 35.5. The smallest absolute Gasteiger partial charge is 0.387 e. The third-order valence-corrected chi connectivity index (χ3v) is 2.68. The van der Waals surface area contributed by atoms with Crippen molar-refractivity contribution in [1.29, 1.82) is 0 Å². The molecule has 0 radical (unpaired) electrons. The minimum absolute atomic E-state index is 0.0660. The van der Waals surface area contributed by atoms with Gasteiger partial charge in [-0.2, -0.15) is 8.78 Å². The molecule has 2 aromatic rings. The van der Waals surface area contributed by atoms with Crippen molar-refractivity contribution in [2.75, 3.05) is 5.32 Å². The van der Waals surface area contributed by atoms with Gasteiger partial charge >= 0.3 is 6.61 Å². The van der Waals surface area contributed by atoms with Crippen LogP contribution in [-0.2, 0) is 0 Å². The monoisotopic (exact) mass is 297 g/mol. The van der Waals surface area contributed by atoms with E-state index in [4.69, 9.17) is 11.6 Å². The predicted octanol–water partition coefficient (Wildman–Crippen LogP) is 4.19. The summed E-state index contributed by atoms with van der Waals surface area (Å²) in [5.41, 5.74) is 0.776. The fraction of sp³-hybridized carbons (Fsp3) is 0.0714. The molecule has 0 fully saturated rings. The molecular weight excluding hydrogens is 288 g/mol. The van der Waals surface area contributed by atoms with Gasteiger partial charge in [0.05, 0.1) is 0 Å². The average Bonchev–Trinajstić information content (AvgIpc) is 2.41. The maximum atomic E-state index is 12.1. The fourth-order valence-corrected chi connectivity index (χ4v) is 1.68. The summed E-state index contributed by atoms with van der Waals surface area (Å²) in [7, 11) is 0. The van der Waals surface area contributed by atoms with E-state index in [1.165, 1.54) is 24.3 Å². The molecule has 3 nitrogen and oxygen atoms in total. The normalized spacial score (nSPS) is 10.4. The number of anilines is 1.